The summed E-state index contributed by atoms with van der Waals surface area (Å²) in [5, 5.41) is 2.93. The summed E-state index contributed by atoms with van der Waals surface area (Å²) < 4.78 is 11.2. The number of hydrogen-bond acceptors (Lipinski definition) is 5. The third-order valence-corrected chi connectivity index (χ3v) is 5.58. The van der Waals surface area contributed by atoms with E-state index in [0.29, 0.717) is 30.0 Å². The molecule has 0 amide bonds. The highest BCUT2D eigenvalue weighted by Crippen LogP contribution is 2.24. The summed E-state index contributed by atoms with van der Waals surface area (Å²) >= 11 is 1.72. The maximum absolute atomic E-state index is 12.6. The average molecular weight is 392 g/mol. The molecule has 7 heteroatoms. The molecule has 28 heavy (non-hydrogen) atoms. The van der Waals surface area contributed by atoms with E-state index in [4.69, 9.17) is 13.8 Å². The fourth-order valence-corrected chi connectivity index (χ4v) is 4.25. The predicted molar refractivity (Wildman–Crippen MR) is 107 cm³/mol. The molecule has 5 rings (SSSR count). The summed E-state index contributed by atoms with van der Waals surface area (Å²) in [4.78, 5) is 22.7. The van der Waals surface area contributed by atoms with Gasteiger partial charge in [-0.1, -0.05) is 18.2 Å². The molecule has 1 aromatic carbocycles. The average Bonchev–Trinajstić information content (AvgIpc) is 3.43. The van der Waals surface area contributed by atoms with E-state index < -0.39 is 0 Å². The van der Waals surface area contributed by atoms with Crippen LogP contribution in [0.3, 0.4) is 0 Å². The molecule has 1 atom stereocenters. The number of hydrogen-bond donors (Lipinski definition) is 2. The van der Waals surface area contributed by atoms with Gasteiger partial charge in [-0.25, -0.2) is 4.98 Å². The molecule has 0 aliphatic carbocycles. The summed E-state index contributed by atoms with van der Waals surface area (Å²) in [5.74, 6) is 1.55. The molecular weight excluding hydrogens is 374 g/mol. The van der Waals surface area contributed by atoms with Crippen molar-refractivity contribution in [1.82, 2.24) is 9.97 Å². The molecule has 4 heterocycles. The quantitative estimate of drug-likeness (QED) is 0.466. The summed E-state index contributed by atoms with van der Waals surface area (Å²) in [7, 11) is 0. The van der Waals surface area contributed by atoms with Crippen molar-refractivity contribution in [2.45, 2.75) is 19.6 Å². The molecule has 0 saturated heterocycles. The molecule has 0 bridgehead atoms. The van der Waals surface area contributed by atoms with Crippen LogP contribution >= 0.6 is 11.3 Å². The minimum Gasteiger partial charge on any atom is -0.463 e. The number of H-pyrrole nitrogens is 1. The Morgan fingerprint density at radius 3 is 2.79 bits per heavy atom. The number of nitrogens with one attached hydrogen (secondary N) is 2. The van der Waals surface area contributed by atoms with Gasteiger partial charge in [0.2, 0.25) is 5.58 Å². The van der Waals surface area contributed by atoms with Crippen molar-refractivity contribution >= 4 is 33.4 Å². The van der Waals surface area contributed by atoms with Gasteiger partial charge in [0.05, 0.1) is 11.1 Å². The van der Waals surface area contributed by atoms with Crippen molar-refractivity contribution in [2.24, 2.45) is 0 Å². The third-order valence-electron chi connectivity index (χ3n) is 4.71. The smallest absolute Gasteiger partial charge is 0.294 e. The third kappa shape index (κ3) is 3.26. The first kappa shape index (κ1) is 17.0. The highest BCUT2D eigenvalue weighted by atomic mass is 32.1. The molecule has 0 saturated carbocycles. The summed E-state index contributed by atoms with van der Waals surface area (Å²) in [6.45, 7) is 2.11. The molecule has 140 valence electrons. The molecule has 2 N–H and O–H groups in total. The summed E-state index contributed by atoms with van der Waals surface area (Å²) in [5.41, 5.74) is 1.31. The molecule has 1 unspecified atom stereocenters. The van der Waals surface area contributed by atoms with Crippen molar-refractivity contribution in [3.05, 3.63) is 87.0 Å². The van der Waals surface area contributed by atoms with Crippen LogP contribution in [0.1, 0.15) is 16.5 Å². The van der Waals surface area contributed by atoms with E-state index in [1.165, 1.54) is 9.78 Å². The van der Waals surface area contributed by atoms with Gasteiger partial charge in [-0.15, -0.1) is 11.3 Å². The monoisotopic (exact) mass is 392 g/mol. The number of quaternary nitrogens is 1. The highest BCUT2D eigenvalue weighted by Gasteiger charge is 2.18. The van der Waals surface area contributed by atoms with Gasteiger partial charge in [0, 0.05) is 5.39 Å². The van der Waals surface area contributed by atoms with Crippen LogP contribution in [0.25, 0.3) is 22.1 Å². The van der Waals surface area contributed by atoms with E-state index in [9.17, 15) is 4.79 Å². The van der Waals surface area contributed by atoms with Gasteiger partial charge in [-0.05, 0) is 35.7 Å². The first-order valence-corrected chi connectivity index (χ1v) is 9.93. The molecule has 4 aromatic heterocycles. The Kier molecular flexibility index (Phi) is 4.31. The van der Waals surface area contributed by atoms with Gasteiger partial charge in [-0.3, -0.25) is 4.79 Å². The van der Waals surface area contributed by atoms with Crippen LogP contribution in [0, 0.1) is 0 Å². The number of thiophene rings is 1. The van der Waals surface area contributed by atoms with Crippen LogP contribution in [0.2, 0.25) is 0 Å². The topological polar surface area (TPSA) is 76.5 Å². The van der Waals surface area contributed by atoms with Crippen LogP contribution < -0.4 is 10.5 Å². The number of nitrogens with zero attached hydrogens (tertiary/aromatic N) is 1. The lowest BCUT2D eigenvalue weighted by Gasteiger charge is -2.17. The van der Waals surface area contributed by atoms with E-state index in [-0.39, 0.29) is 11.1 Å². The lowest BCUT2D eigenvalue weighted by Crippen LogP contribution is -3.08. The second-order valence-corrected chi connectivity index (χ2v) is 7.76. The molecular formula is C21H18N3O3S+. The van der Waals surface area contributed by atoms with Gasteiger partial charge in [0.15, 0.2) is 11.6 Å². The lowest BCUT2D eigenvalue weighted by atomic mass is 10.2. The highest BCUT2D eigenvalue weighted by molar-refractivity contribution is 7.09. The van der Waals surface area contributed by atoms with E-state index >= 15 is 0 Å². The zero-order valence-corrected chi connectivity index (χ0v) is 15.8. The van der Waals surface area contributed by atoms with Gasteiger partial charge in [0.1, 0.15) is 30.7 Å². The van der Waals surface area contributed by atoms with Crippen molar-refractivity contribution in [2.75, 3.05) is 0 Å². The molecule has 5 aromatic rings. The number of para-hydroxylation sites is 1. The lowest BCUT2D eigenvalue weighted by molar-refractivity contribution is -0.942. The number of furan rings is 2. The maximum atomic E-state index is 12.6. The van der Waals surface area contributed by atoms with Gasteiger partial charge in [0.25, 0.3) is 5.56 Å². The van der Waals surface area contributed by atoms with Gasteiger partial charge < -0.3 is 18.7 Å². The number of benzene rings is 1. The Morgan fingerprint density at radius 1 is 1.04 bits per heavy atom. The number of fused-ring (bicyclic) bond motifs is 3. The van der Waals surface area contributed by atoms with Crippen LogP contribution in [0.5, 0.6) is 0 Å². The van der Waals surface area contributed by atoms with Crippen LogP contribution in [0.15, 0.2) is 73.8 Å². The number of rotatable bonds is 6. The summed E-state index contributed by atoms with van der Waals surface area (Å²) in [6, 6.07) is 15.6. The Hall–Kier alpha value is -3.16. The minimum absolute atomic E-state index is 0.246. The maximum Gasteiger partial charge on any atom is 0.294 e. The van der Waals surface area contributed by atoms with E-state index in [2.05, 4.69) is 16.4 Å². The zero-order valence-electron chi connectivity index (χ0n) is 15.0. The largest absolute Gasteiger partial charge is 0.463 e. The minimum atomic E-state index is -0.246. The van der Waals surface area contributed by atoms with Gasteiger partial charge >= 0.3 is 0 Å². The SMILES string of the molecule is O=c1[nH]c(C[NH+](Cc2ccco2)Cc2cccs2)nc2c1oc1ccccc12. The summed E-state index contributed by atoms with van der Waals surface area (Å²) in [6.07, 6.45) is 1.68. The van der Waals surface area contributed by atoms with E-state index in [0.717, 1.165) is 17.7 Å². The molecule has 0 radical (unpaired) electrons. The second kappa shape index (κ2) is 7.10. The van der Waals surface area contributed by atoms with Crippen LogP contribution in [0.4, 0.5) is 0 Å². The van der Waals surface area contributed by atoms with Crippen LogP contribution in [-0.2, 0) is 19.6 Å². The molecule has 0 fully saturated rings. The Balaban J connectivity index is 1.51. The standard InChI is InChI=1S/C21H17N3O3S/c25-21-20-19(16-7-1-2-8-17(16)27-20)22-18(23-21)13-24(11-14-5-3-9-26-14)12-15-6-4-10-28-15/h1-10H,11-13H2,(H,22,23,25)/p+1. The van der Waals surface area contributed by atoms with Crippen molar-refractivity contribution in [1.29, 1.82) is 0 Å². The molecule has 0 aliphatic rings. The van der Waals surface area contributed by atoms with Crippen molar-refractivity contribution in [3.63, 3.8) is 0 Å². The first-order valence-electron chi connectivity index (χ1n) is 9.05. The van der Waals surface area contributed by atoms with Crippen LogP contribution in [-0.4, -0.2) is 9.97 Å². The number of aromatic nitrogens is 2. The van der Waals surface area contributed by atoms with Crippen molar-refractivity contribution < 1.29 is 13.7 Å². The fourth-order valence-electron chi connectivity index (χ4n) is 3.47. The van der Waals surface area contributed by atoms with Gasteiger partial charge in [-0.2, -0.15) is 0 Å². The predicted octanol–water partition coefficient (Wildman–Crippen LogP) is 3.11. The fraction of sp³-hybridized carbons (Fsp3) is 0.143. The van der Waals surface area contributed by atoms with E-state index in [1.807, 2.05) is 42.5 Å². The second-order valence-electron chi connectivity index (χ2n) is 6.73. The molecule has 6 nitrogen and oxygen atoms in total. The molecule has 0 spiro atoms. The zero-order chi connectivity index (χ0) is 18.9. The molecule has 0 aliphatic heterocycles. The normalized spacial score (nSPS) is 12.7. The Labute approximate surface area is 164 Å². The Morgan fingerprint density at radius 2 is 1.96 bits per heavy atom. The van der Waals surface area contributed by atoms with E-state index in [1.54, 1.807) is 17.6 Å². The first-order chi connectivity index (χ1) is 13.8. The van der Waals surface area contributed by atoms with Crippen molar-refractivity contribution in [3.8, 4) is 0 Å². The number of aromatic amines is 1. The Bertz CT molecular complexity index is 1230.